The topological polar surface area (TPSA) is 47.6 Å². The Morgan fingerprint density at radius 2 is 1.79 bits per heavy atom. The van der Waals surface area contributed by atoms with Crippen LogP contribution in [-0.2, 0) is 11.2 Å². The number of hydrogen-bond acceptors (Lipinski definition) is 3. The zero-order valence-corrected chi connectivity index (χ0v) is 17.4. The lowest BCUT2D eigenvalue weighted by atomic mass is 9.82. The number of amides is 1. The van der Waals surface area contributed by atoms with Gasteiger partial charge in [0.1, 0.15) is 0 Å². The van der Waals surface area contributed by atoms with Crippen LogP contribution in [0.1, 0.15) is 54.7 Å². The first-order valence-corrected chi connectivity index (χ1v) is 10.8. The molecule has 1 aliphatic heterocycles. The Kier molecular flexibility index (Phi) is 6.08. The van der Waals surface area contributed by atoms with Crippen molar-refractivity contribution in [1.29, 1.82) is 0 Å². The fraction of sp³-hybridized carbons (Fsp3) is 0.480. The second-order valence-electron chi connectivity index (χ2n) is 8.50. The smallest absolute Gasteiger partial charge is 0.223 e. The average molecular weight is 394 g/mol. The van der Waals surface area contributed by atoms with E-state index in [9.17, 15) is 4.79 Å². The molecule has 2 unspecified atom stereocenters. The molecule has 1 saturated heterocycles. The minimum absolute atomic E-state index is 0.00208. The number of rotatable bonds is 6. The molecule has 4 nitrogen and oxygen atoms in total. The van der Waals surface area contributed by atoms with Gasteiger partial charge in [-0.3, -0.25) is 4.79 Å². The van der Waals surface area contributed by atoms with Crippen molar-refractivity contribution < 1.29 is 14.3 Å². The SMILES string of the molecule is COc1ccc(C2CNC(=O)C(Cc3ccc(C)cc3)C2)cc1OC1CCCC1. The van der Waals surface area contributed by atoms with Crippen molar-refractivity contribution in [3.63, 3.8) is 0 Å². The first-order chi connectivity index (χ1) is 14.1. The van der Waals surface area contributed by atoms with Crippen molar-refractivity contribution in [2.75, 3.05) is 13.7 Å². The van der Waals surface area contributed by atoms with Gasteiger partial charge in [-0.05, 0) is 68.7 Å². The van der Waals surface area contributed by atoms with Gasteiger partial charge in [-0.2, -0.15) is 0 Å². The summed E-state index contributed by atoms with van der Waals surface area (Å²) >= 11 is 0. The molecule has 1 amide bonds. The molecule has 0 radical (unpaired) electrons. The first kappa shape index (κ1) is 19.8. The van der Waals surface area contributed by atoms with Crippen molar-refractivity contribution in [2.45, 2.75) is 57.5 Å². The standard InChI is InChI=1S/C25H31NO3/c1-17-7-9-18(10-8-17)13-20-14-21(16-26-25(20)27)19-11-12-23(28-2)24(15-19)29-22-5-3-4-6-22/h7-12,15,20-22H,3-6,13-14,16H2,1-2H3,(H,26,27). The van der Waals surface area contributed by atoms with Crippen LogP contribution in [0.4, 0.5) is 0 Å². The van der Waals surface area contributed by atoms with E-state index in [1.165, 1.54) is 29.5 Å². The fourth-order valence-corrected chi connectivity index (χ4v) is 4.57. The van der Waals surface area contributed by atoms with Crippen LogP contribution >= 0.6 is 0 Å². The number of piperidine rings is 1. The molecule has 0 aromatic heterocycles. The van der Waals surface area contributed by atoms with Crippen LogP contribution in [0.15, 0.2) is 42.5 Å². The van der Waals surface area contributed by atoms with Crippen molar-refractivity contribution in [3.8, 4) is 11.5 Å². The third-order valence-electron chi connectivity index (χ3n) is 6.32. The molecule has 2 aliphatic rings. The van der Waals surface area contributed by atoms with Crippen LogP contribution in [0.3, 0.4) is 0 Å². The Hall–Kier alpha value is -2.49. The minimum Gasteiger partial charge on any atom is -0.493 e. The molecular formula is C25H31NO3. The largest absolute Gasteiger partial charge is 0.493 e. The van der Waals surface area contributed by atoms with E-state index in [1.54, 1.807) is 7.11 Å². The lowest BCUT2D eigenvalue weighted by Crippen LogP contribution is -2.41. The quantitative estimate of drug-likeness (QED) is 0.768. The van der Waals surface area contributed by atoms with Gasteiger partial charge in [0, 0.05) is 18.4 Å². The van der Waals surface area contributed by atoms with E-state index in [0.717, 1.165) is 37.2 Å². The van der Waals surface area contributed by atoms with Crippen molar-refractivity contribution in [1.82, 2.24) is 5.32 Å². The summed E-state index contributed by atoms with van der Waals surface area (Å²) < 4.78 is 11.8. The van der Waals surface area contributed by atoms with Crippen molar-refractivity contribution in [3.05, 3.63) is 59.2 Å². The number of nitrogens with one attached hydrogen (secondary N) is 1. The van der Waals surface area contributed by atoms with E-state index >= 15 is 0 Å². The molecule has 29 heavy (non-hydrogen) atoms. The van der Waals surface area contributed by atoms with E-state index in [4.69, 9.17) is 9.47 Å². The number of carbonyl (C=O) groups is 1. The molecule has 4 rings (SSSR count). The summed E-state index contributed by atoms with van der Waals surface area (Å²) in [4.78, 5) is 12.5. The van der Waals surface area contributed by atoms with Gasteiger partial charge in [-0.1, -0.05) is 35.9 Å². The van der Waals surface area contributed by atoms with Gasteiger partial charge < -0.3 is 14.8 Å². The summed E-state index contributed by atoms with van der Waals surface area (Å²) in [7, 11) is 1.69. The Labute approximate surface area is 173 Å². The molecular weight excluding hydrogens is 362 g/mol. The van der Waals surface area contributed by atoms with E-state index < -0.39 is 0 Å². The highest BCUT2D eigenvalue weighted by atomic mass is 16.5. The highest BCUT2D eigenvalue weighted by Gasteiger charge is 2.30. The van der Waals surface area contributed by atoms with Gasteiger partial charge in [0.15, 0.2) is 11.5 Å². The maximum absolute atomic E-state index is 12.5. The number of benzene rings is 2. The molecule has 2 fully saturated rings. The lowest BCUT2D eigenvalue weighted by molar-refractivity contribution is -0.126. The van der Waals surface area contributed by atoms with Gasteiger partial charge in [0.25, 0.3) is 0 Å². The molecule has 2 aromatic carbocycles. The number of carbonyl (C=O) groups excluding carboxylic acids is 1. The number of aryl methyl sites for hydroxylation is 1. The van der Waals surface area contributed by atoms with Crippen LogP contribution in [0.2, 0.25) is 0 Å². The normalized spacial score (nSPS) is 22.3. The Morgan fingerprint density at radius 3 is 2.52 bits per heavy atom. The van der Waals surface area contributed by atoms with Crippen molar-refractivity contribution >= 4 is 5.91 Å². The van der Waals surface area contributed by atoms with Crippen LogP contribution in [-0.4, -0.2) is 25.7 Å². The summed E-state index contributed by atoms with van der Waals surface area (Å²) in [6.07, 6.45) is 6.64. The van der Waals surface area contributed by atoms with Gasteiger partial charge in [0.05, 0.1) is 13.2 Å². The molecule has 1 N–H and O–H groups in total. The highest BCUT2D eigenvalue weighted by Crippen LogP contribution is 2.37. The summed E-state index contributed by atoms with van der Waals surface area (Å²) in [5.74, 6) is 2.08. The van der Waals surface area contributed by atoms with Gasteiger partial charge in [-0.25, -0.2) is 0 Å². The Balaban J connectivity index is 1.49. The molecule has 1 saturated carbocycles. The summed E-state index contributed by atoms with van der Waals surface area (Å²) in [5.41, 5.74) is 3.68. The summed E-state index contributed by atoms with van der Waals surface area (Å²) in [5, 5.41) is 3.12. The zero-order valence-electron chi connectivity index (χ0n) is 17.4. The first-order valence-electron chi connectivity index (χ1n) is 10.8. The maximum atomic E-state index is 12.5. The van der Waals surface area contributed by atoms with Crippen LogP contribution in [0.5, 0.6) is 11.5 Å². The minimum atomic E-state index is -0.00208. The molecule has 1 aliphatic carbocycles. The van der Waals surface area contributed by atoms with E-state index in [0.29, 0.717) is 18.6 Å². The Bertz CT molecular complexity index is 840. The molecule has 2 atom stereocenters. The molecule has 0 spiro atoms. The van der Waals surface area contributed by atoms with Gasteiger partial charge in [-0.15, -0.1) is 0 Å². The van der Waals surface area contributed by atoms with Crippen LogP contribution < -0.4 is 14.8 Å². The highest BCUT2D eigenvalue weighted by molar-refractivity contribution is 5.80. The maximum Gasteiger partial charge on any atom is 0.223 e. The van der Waals surface area contributed by atoms with Crippen LogP contribution in [0, 0.1) is 12.8 Å². The molecule has 1 heterocycles. The second-order valence-corrected chi connectivity index (χ2v) is 8.50. The fourth-order valence-electron chi connectivity index (χ4n) is 4.57. The second kappa shape index (κ2) is 8.89. The summed E-state index contributed by atoms with van der Waals surface area (Å²) in [6.45, 7) is 2.76. The zero-order chi connectivity index (χ0) is 20.2. The predicted molar refractivity (Wildman–Crippen MR) is 115 cm³/mol. The third kappa shape index (κ3) is 4.75. The monoisotopic (exact) mass is 393 g/mol. The van der Waals surface area contributed by atoms with Gasteiger partial charge in [0.2, 0.25) is 5.91 Å². The number of methoxy groups -OCH3 is 1. The molecule has 0 bridgehead atoms. The third-order valence-corrected chi connectivity index (χ3v) is 6.32. The van der Waals surface area contributed by atoms with Crippen molar-refractivity contribution in [2.24, 2.45) is 5.92 Å². The number of hydrogen-bond donors (Lipinski definition) is 1. The molecule has 4 heteroatoms. The predicted octanol–water partition coefficient (Wildman–Crippen LogP) is 4.79. The average Bonchev–Trinajstić information content (AvgIpc) is 3.24. The van der Waals surface area contributed by atoms with Gasteiger partial charge >= 0.3 is 0 Å². The van der Waals surface area contributed by atoms with Crippen LogP contribution in [0.25, 0.3) is 0 Å². The van der Waals surface area contributed by atoms with E-state index in [-0.39, 0.29) is 11.8 Å². The molecule has 2 aromatic rings. The Morgan fingerprint density at radius 1 is 1.03 bits per heavy atom. The van der Waals surface area contributed by atoms with E-state index in [2.05, 4.69) is 48.6 Å². The lowest BCUT2D eigenvalue weighted by Gasteiger charge is -2.30. The summed E-state index contributed by atoms with van der Waals surface area (Å²) in [6, 6.07) is 14.7. The van der Waals surface area contributed by atoms with E-state index in [1.807, 2.05) is 6.07 Å². The number of ether oxygens (including phenoxy) is 2. The molecule has 154 valence electrons.